The second kappa shape index (κ2) is 12.2. The lowest BCUT2D eigenvalue weighted by Crippen LogP contribution is -2.42. The number of aliphatic hydroxyl groups excluding tert-OH is 1. The van der Waals surface area contributed by atoms with E-state index in [0.717, 1.165) is 25.7 Å². The molecule has 0 saturated carbocycles. The Hall–Kier alpha value is -2.16. The number of phenols is 1. The van der Waals surface area contributed by atoms with E-state index in [2.05, 4.69) is 17.8 Å². The maximum atomic E-state index is 12.9. The van der Waals surface area contributed by atoms with Crippen LogP contribution in [0, 0.1) is 0 Å². The van der Waals surface area contributed by atoms with Crippen LogP contribution in [0.2, 0.25) is 0 Å². The average Bonchev–Trinajstić information content (AvgIpc) is 2.73. The number of aliphatic hydroxyl groups is 1. The molecule has 8 nitrogen and oxygen atoms in total. The fourth-order valence-electron chi connectivity index (χ4n) is 4.50. The number of hydrogen-bond acceptors (Lipinski definition) is 7. The maximum absolute atomic E-state index is 12.9. The van der Waals surface area contributed by atoms with E-state index in [1.54, 1.807) is 12.1 Å². The van der Waals surface area contributed by atoms with Crippen LogP contribution in [-0.2, 0) is 20.7 Å². The number of rotatable bonds is 9. The summed E-state index contributed by atoms with van der Waals surface area (Å²) in [6.45, 7) is 2.55. The Kier molecular flexibility index (Phi) is 9.32. The summed E-state index contributed by atoms with van der Waals surface area (Å²) >= 11 is 0. The van der Waals surface area contributed by atoms with Crippen molar-refractivity contribution in [2.75, 3.05) is 6.54 Å². The van der Waals surface area contributed by atoms with E-state index in [1.807, 2.05) is 0 Å². The van der Waals surface area contributed by atoms with Crippen molar-refractivity contribution in [3.8, 4) is 5.75 Å². The quantitative estimate of drug-likeness (QED) is 0.261. The first-order chi connectivity index (χ1) is 15.5. The third-order valence-corrected chi connectivity index (χ3v) is 6.11. The van der Waals surface area contributed by atoms with E-state index < -0.39 is 18.2 Å². The number of benzene rings is 1. The molecule has 1 amide bonds. The summed E-state index contributed by atoms with van der Waals surface area (Å²) in [5.41, 5.74) is 6.43. The molecule has 1 aromatic carbocycles. The largest absolute Gasteiger partial charge is 0.507 e. The van der Waals surface area contributed by atoms with Crippen LogP contribution in [0.15, 0.2) is 18.2 Å². The lowest BCUT2D eigenvalue weighted by molar-refractivity contribution is -0.122. The van der Waals surface area contributed by atoms with Gasteiger partial charge in [0.2, 0.25) is 5.91 Å². The van der Waals surface area contributed by atoms with Gasteiger partial charge in [0.05, 0.1) is 18.3 Å². The monoisotopic (exact) mass is 448 g/mol. The SMILES string of the molecule is CCCCCCC(=O)NNCCC1CC2CC(O)CC(Cc3cccc(O)c3C(=O)O1)O2. The predicted molar refractivity (Wildman–Crippen MR) is 119 cm³/mol. The highest BCUT2D eigenvalue weighted by molar-refractivity contribution is 5.94. The Morgan fingerprint density at radius 2 is 1.97 bits per heavy atom. The topological polar surface area (TPSA) is 117 Å². The maximum Gasteiger partial charge on any atom is 0.342 e. The van der Waals surface area contributed by atoms with Gasteiger partial charge in [0, 0.05) is 19.4 Å². The summed E-state index contributed by atoms with van der Waals surface area (Å²) < 4.78 is 11.9. The van der Waals surface area contributed by atoms with Gasteiger partial charge < -0.3 is 19.7 Å². The first kappa shape index (κ1) is 24.5. The van der Waals surface area contributed by atoms with Crippen molar-refractivity contribution in [2.45, 2.75) is 95.5 Å². The highest BCUT2D eigenvalue weighted by atomic mass is 16.5. The Morgan fingerprint density at radius 3 is 2.78 bits per heavy atom. The van der Waals surface area contributed by atoms with Crippen molar-refractivity contribution >= 4 is 11.9 Å². The molecule has 2 bridgehead atoms. The van der Waals surface area contributed by atoms with Gasteiger partial charge in [-0.3, -0.25) is 10.2 Å². The van der Waals surface area contributed by atoms with E-state index in [0.29, 0.717) is 50.6 Å². The zero-order valence-corrected chi connectivity index (χ0v) is 18.8. The summed E-state index contributed by atoms with van der Waals surface area (Å²) in [6.07, 6.45) is 5.62. The van der Waals surface area contributed by atoms with E-state index in [4.69, 9.17) is 9.47 Å². The number of phenolic OH excluding ortho intramolecular Hbond substituents is 1. The van der Waals surface area contributed by atoms with Gasteiger partial charge in [-0.15, -0.1) is 0 Å². The molecule has 0 spiro atoms. The summed E-state index contributed by atoms with van der Waals surface area (Å²) in [7, 11) is 0. The van der Waals surface area contributed by atoms with Crippen molar-refractivity contribution in [3.05, 3.63) is 29.3 Å². The summed E-state index contributed by atoms with van der Waals surface area (Å²) in [6, 6.07) is 4.94. The molecule has 4 N–H and O–H groups in total. The molecule has 32 heavy (non-hydrogen) atoms. The normalized spacial score (nSPS) is 25.5. The highest BCUT2D eigenvalue weighted by Crippen LogP contribution is 2.31. The number of unbranched alkanes of at least 4 members (excludes halogenated alkanes) is 3. The van der Waals surface area contributed by atoms with Crippen LogP contribution >= 0.6 is 0 Å². The van der Waals surface area contributed by atoms with Gasteiger partial charge in [0.25, 0.3) is 0 Å². The molecule has 0 radical (unpaired) electrons. The molecule has 2 aliphatic heterocycles. The van der Waals surface area contributed by atoms with E-state index in [9.17, 15) is 19.8 Å². The van der Waals surface area contributed by atoms with Gasteiger partial charge in [-0.05, 0) is 43.7 Å². The number of cyclic esters (lactones) is 1. The molecule has 4 atom stereocenters. The number of hydrazine groups is 1. The van der Waals surface area contributed by atoms with Crippen LogP contribution < -0.4 is 10.9 Å². The molecule has 0 aromatic heterocycles. The molecular formula is C24H36N2O6. The minimum atomic E-state index is -0.552. The summed E-state index contributed by atoms with van der Waals surface area (Å²) in [5.74, 6) is -0.721. The fraction of sp³-hybridized carbons (Fsp3) is 0.667. The van der Waals surface area contributed by atoms with Crippen LogP contribution in [0.5, 0.6) is 5.75 Å². The fourth-order valence-corrected chi connectivity index (χ4v) is 4.50. The van der Waals surface area contributed by atoms with Crippen LogP contribution in [-0.4, -0.2) is 53.1 Å². The summed E-state index contributed by atoms with van der Waals surface area (Å²) in [5, 5.41) is 20.6. The molecule has 2 aliphatic rings. The number of nitrogens with one attached hydrogen (secondary N) is 2. The number of aromatic hydroxyl groups is 1. The van der Waals surface area contributed by atoms with Crippen LogP contribution in [0.3, 0.4) is 0 Å². The van der Waals surface area contributed by atoms with Crippen molar-refractivity contribution in [2.24, 2.45) is 0 Å². The zero-order chi connectivity index (χ0) is 22.9. The first-order valence-electron chi connectivity index (χ1n) is 11.8. The van der Waals surface area contributed by atoms with Crippen LogP contribution in [0.4, 0.5) is 0 Å². The van der Waals surface area contributed by atoms with Crippen molar-refractivity contribution < 1.29 is 29.3 Å². The Labute approximate surface area is 189 Å². The lowest BCUT2D eigenvalue weighted by Gasteiger charge is -2.36. The number of carbonyl (C=O) groups excluding carboxylic acids is 2. The molecule has 0 aliphatic carbocycles. The Balaban J connectivity index is 1.59. The lowest BCUT2D eigenvalue weighted by atomic mass is 9.91. The number of ether oxygens (including phenoxy) is 2. The van der Waals surface area contributed by atoms with Gasteiger partial charge in [-0.1, -0.05) is 38.3 Å². The number of amides is 1. The van der Waals surface area contributed by atoms with E-state index >= 15 is 0 Å². The van der Waals surface area contributed by atoms with Crippen LogP contribution in [0.25, 0.3) is 0 Å². The standard InChI is InChI=1S/C24H36N2O6/c1-2-3-4-5-9-22(29)26-25-11-10-18-15-20-14-17(27)13-19(31-20)12-16-7-6-8-21(28)23(16)24(30)32-18/h6-8,17-20,25,27-28H,2-5,9-15H2,1H3,(H,26,29). The molecular weight excluding hydrogens is 412 g/mol. The second-order valence-electron chi connectivity index (χ2n) is 8.86. The van der Waals surface area contributed by atoms with Gasteiger partial charge in [-0.25, -0.2) is 10.2 Å². The molecule has 3 rings (SSSR count). The second-order valence-corrected chi connectivity index (χ2v) is 8.86. The van der Waals surface area contributed by atoms with Gasteiger partial charge in [-0.2, -0.15) is 0 Å². The number of esters is 1. The minimum Gasteiger partial charge on any atom is -0.507 e. The highest BCUT2D eigenvalue weighted by Gasteiger charge is 2.34. The number of fused-ring (bicyclic) bond motifs is 3. The molecule has 1 aromatic rings. The van der Waals surface area contributed by atoms with Crippen molar-refractivity contribution in [1.82, 2.24) is 10.9 Å². The molecule has 2 heterocycles. The van der Waals surface area contributed by atoms with Crippen LogP contribution in [0.1, 0.15) is 80.6 Å². The van der Waals surface area contributed by atoms with Gasteiger partial charge in [0.1, 0.15) is 17.4 Å². The van der Waals surface area contributed by atoms with Gasteiger partial charge in [0.15, 0.2) is 0 Å². The Morgan fingerprint density at radius 1 is 1.16 bits per heavy atom. The first-order valence-corrected chi connectivity index (χ1v) is 11.8. The number of carbonyl (C=O) groups is 2. The molecule has 178 valence electrons. The zero-order valence-electron chi connectivity index (χ0n) is 18.8. The molecule has 1 fully saturated rings. The molecule has 1 saturated heterocycles. The number of hydrogen-bond donors (Lipinski definition) is 4. The smallest absolute Gasteiger partial charge is 0.342 e. The Bertz CT molecular complexity index is 771. The van der Waals surface area contributed by atoms with Crippen molar-refractivity contribution in [1.29, 1.82) is 0 Å². The van der Waals surface area contributed by atoms with E-state index in [-0.39, 0.29) is 29.4 Å². The summed E-state index contributed by atoms with van der Waals surface area (Å²) in [4.78, 5) is 24.8. The molecule has 8 heteroatoms. The van der Waals surface area contributed by atoms with Crippen molar-refractivity contribution in [3.63, 3.8) is 0 Å². The predicted octanol–water partition coefficient (Wildman–Crippen LogP) is 2.75. The molecule has 4 unspecified atom stereocenters. The minimum absolute atomic E-state index is 0.0514. The van der Waals surface area contributed by atoms with Gasteiger partial charge >= 0.3 is 5.97 Å². The average molecular weight is 449 g/mol. The third kappa shape index (κ3) is 7.18. The third-order valence-electron chi connectivity index (χ3n) is 6.11. The van der Waals surface area contributed by atoms with E-state index in [1.165, 1.54) is 6.07 Å².